The first-order valence-electron chi connectivity index (χ1n) is 9.50. The molecular formula is C20H20F3N5O3S2. The smallest absolute Gasteiger partial charge is 0.325 e. The average molecular weight is 500 g/mol. The van der Waals surface area contributed by atoms with Gasteiger partial charge in [-0.15, -0.1) is 10.2 Å². The number of benzene rings is 2. The molecule has 0 spiro atoms. The number of hydrogen-bond donors (Lipinski definition) is 2. The Hall–Kier alpha value is -2.90. The number of hydrogen-bond acceptors (Lipinski definition) is 6. The Morgan fingerprint density at radius 3 is 2.48 bits per heavy atom. The molecule has 1 heterocycles. The van der Waals surface area contributed by atoms with Crippen molar-refractivity contribution in [1.82, 2.24) is 19.5 Å². The highest BCUT2D eigenvalue weighted by Crippen LogP contribution is 2.30. The molecule has 2 aromatic carbocycles. The highest BCUT2D eigenvalue weighted by Gasteiger charge is 2.30. The maximum Gasteiger partial charge on any atom is 0.416 e. The maximum absolute atomic E-state index is 12.8. The van der Waals surface area contributed by atoms with Crippen molar-refractivity contribution in [2.24, 2.45) is 7.05 Å². The molecule has 33 heavy (non-hydrogen) atoms. The summed E-state index contributed by atoms with van der Waals surface area (Å²) in [5.74, 6) is -0.326. The first kappa shape index (κ1) is 24.7. The van der Waals surface area contributed by atoms with Gasteiger partial charge in [0.25, 0.3) is 0 Å². The normalized spacial score (nSPS) is 12.0. The Morgan fingerprint density at radius 2 is 1.82 bits per heavy atom. The van der Waals surface area contributed by atoms with Crippen LogP contribution >= 0.6 is 11.8 Å². The van der Waals surface area contributed by atoms with Crippen LogP contribution in [-0.2, 0) is 34.6 Å². The van der Waals surface area contributed by atoms with E-state index in [4.69, 9.17) is 0 Å². The van der Waals surface area contributed by atoms with Gasteiger partial charge >= 0.3 is 6.18 Å². The number of carbonyl (C=O) groups is 1. The second-order valence-corrected chi connectivity index (χ2v) is 9.72. The van der Waals surface area contributed by atoms with Crippen molar-refractivity contribution >= 4 is 33.4 Å². The number of thioether (sulfide) groups is 1. The molecule has 8 nitrogen and oxygen atoms in total. The van der Waals surface area contributed by atoms with Gasteiger partial charge in [-0.3, -0.25) is 4.79 Å². The van der Waals surface area contributed by atoms with Crippen LogP contribution in [0.15, 0.2) is 58.6 Å². The van der Waals surface area contributed by atoms with Crippen molar-refractivity contribution in [2.75, 3.05) is 11.1 Å². The van der Waals surface area contributed by atoms with Crippen molar-refractivity contribution in [3.63, 3.8) is 0 Å². The summed E-state index contributed by atoms with van der Waals surface area (Å²) in [6, 6.07) is 10.7. The first-order chi connectivity index (χ1) is 15.5. The number of sulfonamides is 1. The van der Waals surface area contributed by atoms with E-state index in [0.29, 0.717) is 11.0 Å². The first-order valence-corrected chi connectivity index (χ1v) is 12.0. The van der Waals surface area contributed by atoms with Gasteiger partial charge in [0.1, 0.15) is 5.82 Å². The Morgan fingerprint density at radius 1 is 1.12 bits per heavy atom. The predicted octanol–water partition coefficient (Wildman–Crippen LogP) is 3.35. The Kier molecular flexibility index (Phi) is 7.44. The van der Waals surface area contributed by atoms with Crippen molar-refractivity contribution in [3.8, 4) is 0 Å². The lowest BCUT2D eigenvalue weighted by atomic mass is 10.2. The third-order valence-electron chi connectivity index (χ3n) is 4.48. The van der Waals surface area contributed by atoms with Gasteiger partial charge < -0.3 is 9.88 Å². The van der Waals surface area contributed by atoms with Gasteiger partial charge in [0.05, 0.1) is 22.8 Å². The summed E-state index contributed by atoms with van der Waals surface area (Å²) < 4.78 is 67.2. The van der Waals surface area contributed by atoms with E-state index in [2.05, 4.69) is 20.2 Å². The van der Waals surface area contributed by atoms with Crippen molar-refractivity contribution in [1.29, 1.82) is 0 Å². The molecule has 0 saturated carbocycles. The molecule has 13 heteroatoms. The SMILES string of the molecule is Cc1ccc(S(=O)(=O)NCc2nnc(SCC(=O)Nc3cccc(C(F)(F)F)c3)n2C)cc1. The number of nitrogens with one attached hydrogen (secondary N) is 2. The van der Waals surface area contributed by atoms with E-state index in [1.807, 2.05) is 6.92 Å². The molecule has 3 rings (SSSR count). The summed E-state index contributed by atoms with van der Waals surface area (Å²) in [4.78, 5) is 12.3. The molecule has 1 aromatic heterocycles. The van der Waals surface area contributed by atoms with Crippen LogP contribution in [0, 0.1) is 6.92 Å². The minimum Gasteiger partial charge on any atom is -0.325 e. The molecule has 0 aliphatic rings. The number of anilines is 1. The summed E-state index contributed by atoms with van der Waals surface area (Å²) in [5, 5.41) is 10.6. The van der Waals surface area contributed by atoms with Gasteiger partial charge in [-0.25, -0.2) is 13.1 Å². The molecule has 0 radical (unpaired) electrons. The van der Waals surface area contributed by atoms with E-state index in [-0.39, 0.29) is 22.9 Å². The van der Waals surface area contributed by atoms with E-state index in [1.165, 1.54) is 28.8 Å². The van der Waals surface area contributed by atoms with Crippen LogP contribution in [0.2, 0.25) is 0 Å². The lowest BCUT2D eigenvalue weighted by Crippen LogP contribution is -2.24. The van der Waals surface area contributed by atoms with E-state index in [0.717, 1.165) is 29.5 Å². The van der Waals surface area contributed by atoms with Crippen LogP contribution in [0.1, 0.15) is 17.0 Å². The van der Waals surface area contributed by atoms with Crippen LogP contribution in [0.3, 0.4) is 0 Å². The van der Waals surface area contributed by atoms with Crippen LogP contribution in [0.4, 0.5) is 18.9 Å². The standard InChI is InChI=1S/C20H20F3N5O3S2/c1-13-6-8-16(9-7-13)33(30,31)24-11-17-26-27-19(28(17)2)32-12-18(29)25-15-5-3-4-14(10-15)20(21,22)23/h3-10,24H,11-12H2,1-2H3,(H,25,29). The lowest BCUT2D eigenvalue weighted by molar-refractivity contribution is -0.137. The fourth-order valence-electron chi connectivity index (χ4n) is 2.69. The molecule has 0 unspecified atom stereocenters. The number of alkyl halides is 3. The van der Waals surface area contributed by atoms with Gasteiger partial charge in [0.2, 0.25) is 15.9 Å². The number of rotatable bonds is 8. The van der Waals surface area contributed by atoms with E-state index in [1.54, 1.807) is 19.2 Å². The molecule has 0 fully saturated rings. The fourth-order valence-corrected chi connectivity index (χ4v) is 4.40. The van der Waals surface area contributed by atoms with Crippen LogP contribution in [0.25, 0.3) is 0 Å². The molecule has 0 bridgehead atoms. The van der Waals surface area contributed by atoms with Crippen LogP contribution in [0.5, 0.6) is 0 Å². The largest absolute Gasteiger partial charge is 0.416 e. The van der Waals surface area contributed by atoms with Gasteiger partial charge in [-0.05, 0) is 37.3 Å². The summed E-state index contributed by atoms with van der Waals surface area (Å²) in [7, 11) is -2.13. The Labute approximate surface area is 192 Å². The van der Waals surface area contributed by atoms with Gasteiger partial charge in [-0.2, -0.15) is 13.2 Å². The van der Waals surface area contributed by atoms with E-state index in [9.17, 15) is 26.4 Å². The zero-order valence-corrected chi connectivity index (χ0v) is 19.2. The molecule has 3 aromatic rings. The lowest BCUT2D eigenvalue weighted by Gasteiger charge is -2.10. The third-order valence-corrected chi connectivity index (χ3v) is 6.92. The molecule has 0 atom stereocenters. The second-order valence-electron chi connectivity index (χ2n) is 7.01. The summed E-state index contributed by atoms with van der Waals surface area (Å²) in [5.41, 5.74) is 0.0968. The van der Waals surface area contributed by atoms with E-state index < -0.39 is 27.7 Å². The van der Waals surface area contributed by atoms with Gasteiger partial charge in [0.15, 0.2) is 5.16 Å². The quantitative estimate of drug-likeness (QED) is 0.461. The second kappa shape index (κ2) is 9.93. The van der Waals surface area contributed by atoms with Gasteiger partial charge in [-0.1, -0.05) is 35.5 Å². The molecule has 176 valence electrons. The van der Waals surface area contributed by atoms with Crippen LogP contribution < -0.4 is 10.0 Å². The highest BCUT2D eigenvalue weighted by molar-refractivity contribution is 7.99. The molecule has 0 saturated heterocycles. The van der Waals surface area contributed by atoms with Gasteiger partial charge in [0, 0.05) is 12.7 Å². The van der Waals surface area contributed by atoms with Crippen molar-refractivity contribution in [3.05, 3.63) is 65.5 Å². The zero-order valence-electron chi connectivity index (χ0n) is 17.5. The predicted molar refractivity (Wildman–Crippen MR) is 117 cm³/mol. The molecule has 1 amide bonds. The minimum absolute atomic E-state index is 0.0274. The molecule has 0 aliphatic carbocycles. The Balaban J connectivity index is 1.57. The summed E-state index contributed by atoms with van der Waals surface area (Å²) >= 11 is 1.01. The summed E-state index contributed by atoms with van der Waals surface area (Å²) in [6.45, 7) is 1.74. The third kappa shape index (κ3) is 6.55. The number of halogens is 3. The number of amides is 1. The topological polar surface area (TPSA) is 106 Å². The number of nitrogens with zero attached hydrogens (tertiary/aromatic N) is 3. The maximum atomic E-state index is 12.8. The minimum atomic E-state index is -4.51. The van der Waals surface area contributed by atoms with E-state index >= 15 is 0 Å². The molecular weight excluding hydrogens is 479 g/mol. The number of aryl methyl sites for hydroxylation is 1. The average Bonchev–Trinajstić information content (AvgIpc) is 3.10. The van der Waals surface area contributed by atoms with Crippen molar-refractivity contribution < 1.29 is 26.4 Å². The monoisotopic (exact) mass is 499 g/mol. The number of aromatic nitrogens is 3. The fraction of sp³-hybridized carbons (Fsp3) is 0.250. The zero-order chi connectivity index (χ0) is 24.2. The summed E-state index contributed by atoms with van der Waals surface area (Å²) in [6.07, 6.45) is -4.51. The van der Waals surface area contributed by atoms with Crippen molar-refractivity contribution in [2.45, 2.75) is 29.7 Å². The molecule has 0 aliphatic heterocycles. The van der Waals surface area contributed by atoms with Crippen LogP contribution in [-0.4, -0.2) is 34.8 Å². The Bertz CT molecular complexity index is 1240. The molecule has 2 N–H and O–H groups in total. The highest BCUT2D eigenvalue weighted by atomic mass is 32.2. The number of carbonyl (C=O) groups excluding carboxylic acids is 1.